The van der Waals surface area contributed by atoms with Crippen LogP contribution in [-0.2, 0) is 9.53 Å². The molecule has 0 amide bonds. The minimum absolute atomic E-state index is 0.176. The van der Waals surface area contributed by atoms with E-state index in [2.05, 4.69) is 36.2 Å². The van der Waals surface area contributed by atoms with Crippen LogP contribution in [-0.4, -0.2) is 32.1 Å². The highest BCUT2D eigenvalue weighted by Crippen LogP contribution is 2.31. The molecule has 0 N–H and O–H groups in total. The average Bonchev–Trinajstić information content (AvgIpc) is 3.03. The van der Waals surface area contributed by atoms with Crippen molar-refractivity contribution < 1.29 is 9.53 Å². The summed E-state index contributed by atoms with van der Waals surface area (Å²) in [5, 5.41) is 9.51. The Morgan fingerprint density at radius 1 is 1.00 bits per heavy atom. The maximum absolute atomic E-state index is 12.2. The van der Waals surface area contributed by atoms with Crippen molar-refractivity contribution in [2.75, 3.05) is 5.75 Å². The van der Waals surface area contributed by atoms with Crippen LogP contribution in [0.25, 0.3) is 17.1 Å². The zero-order valence-corrected chi connectivity index (χ0v) is 17.7. The van der Waals surface area contributed by atoms with Crippen molar-refractivity contribution in [2.45, 2.75) is 45.4 Å². The van der Waals surface area contributed by atoms with Crippen molar-refractivity contribution >= 4 is 17.7 Å². The van der Waals surface area contributed by atoms with Gasteiger partial charge in [-0.05, 0) is 51.8 Å². The molecule has 5 nitrogen and oxygen atoms in total. The highest BCUT2D eigenvalue weighted by atomic mass is 32.2. The molecule has 0 spiro atoms. The van der Waals surface area contributed by atoms with E-state index in [4.69, 9.17) is 4.74 Å². The van der Waals surface area contributed by atoms with Gasteiger partial charge in [-0.2, -0.15) is 0 Å². The molecule has 0 atom stereocenters. The zero-order valence-electron chi connectivity index (χ0n) is 16.9. The van der Waals surface area contributed by atoms with E-state index in [1.165, 1.54) is 11.8 Å². The summed E-state index contributed by atoms with van der Waals surface area (Å²) in [6, 6.07) is 16.2. The van der Waals surface area contributed by atoms with Crippen LogP contribution in [0.4, 0.5) is 0 Å². The third-order valence-electron chi connectivity index (χ3n) is 4.11. The lowest BCUT2D eigenvalue weighted by Crippen LogP contribution is -2.25. The molecule has 28 heavy (non-hydrogen) atoms. The van der Waals surface area contributed by atoms with Crippen LogP contribution < -0.4 is 0 Å². The van der Waals surface area contributed by atoms with Gasteiger partial charge in [-0.3, -0.25) is 9.36 Å². The first-order chi connectivity index (χ1) is 13.3. The van der Waals surface area contributed by atoms with Crippen LogP contribution >= 0.6 is 11.8 Å². The van der Waals surface area contributed by atoms with Gasteiger partial charge < -0.3 is 4.74 Å². The fraction of sp³-hybridized carbons (Fsp3) is 0.318. The summed E-state index contributed by atoms with van der Waals surface area (Å²) < 4.78 is 7.44. The first-order valence-corrected chi connectivity index (χ1v) is 10.2. The van der Waals surface area contributed by atoms with Crippen molar-refractivity contribution in [1.82, 2.24) is 14.8 Å². The minimum Gasteiger partial charge on any atom is -0.459 e. The topological polar surface area (TPSA) is 57.0 Å². The van der Waals surface area contributed by atoms with Crippen molar-refractivity contribution in [3.05, 3.63) is 59.7 Å². The number of hydrogen-bond acceptors (Lipinski definition) is 5. The lowest BCUT2D eigenvalue weighted by atomic mass is 10.1. The molecule has 146 valence electrons. The number of ether oxygens (including phenoxy) is 1. The Kier molecular flexibility index (Phi) is 5.89. The van der Waals surface area contributed by atoms with Gasteiger partial charge in [0.25, 0.3) is 0 Å². The molecule has 0 saturated heterocycles. The van der Waals surface area contributed by atoms with Gasteiger partial charge in [0.15, 0.2) is 11.0 Å². The number of carbonyl (C=O) groups excluding carboxylic acids is 1. The third-order valence-corrected chi connectivity index (χ3v) is 5.02. The Labute approximate surface area is 170 Å². The van der Waals surface area contributed by atoms with E-state index in [-0.39, 0.29) is 11.7 Å². The molecule has 0 unspecified atom stereocenters. The van der Waals surface area contributed by atoms with E-state index in [1.54, 1.807) is 0 Å². The largest absolute Gasteiger partial charge is 0.459 e. The number of benzene rings is 2. The molecule has 0 radical (unpaired) electrons. The molecule has 1 aromatic heterocycles. The number of nitrogens with zero attached hydrogens (tertiary/aromatic N) is 3. The van der Waals surface area contributed by atoms with Crippen molar-refractivity contribution in [1.29, 1.82) is 0 Å². The number of aryl methyl sites for hydroxylation is 2. The first-order valence-electron chi connectivity index (χ1n) is 9.18. The third kappa shape index (κ3) is 4.62. The van der Waals surface area contributed by atoms with Gasteiger partial charge in [-0.25, -0.2) is 0 Å². The standard InChI is InChI=1S/C22H25N3O2S/c1-15-10-6-8-12-17(15)20-23-24-21(28-14-19(26)27-22(3,4)5)25(20)18-13-9-7-11-16(18)2/h6-13H,14H2,1-5H3. The molecule has 0 aliphatic carbocycles. The summed E-state index contributed by atoms with van der Waals surface area (Å²) in [6.07, 6.45) is 0. The van der Waals surface area contributed by atoms with E-state index in [9.17, 15) is 4.79 Å². The molecule has 1 heterocycles. The smallest absolute Gasteiger partial charge is 0.316 e. The molecule has 3 aromatic rings. The minimum atomic E-state index is -0.506. The molecule has 0 saturated carbocycles. The fourth-order valence-electron chi connectivity index (χ4n) is 2.89. The number of aromatic nitrogens is 3. The second-order valence-corrected chi connectivity index (χ2v) is 8.56. The predicted octanol–water partition coefficient (Wildman–Crippen LogP) is 4.98. The van der Waals surface area contributed by atoms with E-state index in [0.717, 1.165) is 28.2 Å². The van der Waals surface area contributed by atoms with Gasteiger partial charge in [0, 0.05) is 5.56 Å². The second-order valence-electron chi connectivity index (χ2n) is 7.62. The van der Waals surface area contributed by atoms with Gasteiger partial charge in [-0.15, -0.1) is 10.2 Å². The zero-order chi connectivity index (χ0) is 20.3. The highest BCUT2D eigenvalue weighted by Gasteiger charge is 2.21. The van der Waals surface area contributed by atoms with Gasteiger partial charge in [0.1, 0.15) is 5.60 Å². The molecule has 0 fully saturated rings. The highest BCUT2D eigenvalue weighted by molar-refractivity contribution is 7.99. The van der Waals surface area contributed by atoms with Crippen LogP contribution in [0.2, 0.25) is 0 Å². The molecular weight excluding hydrogens is 370 g/mol. The molecule has 0 bridgehead atoms. The van der Waals surface area contributed by atoms with Crippen molar-refractivity contribution in [3.8, 4) is 17.1 Å². The summed E-state index contributed by atoms with van der Waals surface area (Å²) in [5.74, 6) is 0.670. The lowest BCUT2D eigenvalue weighted by Gasteiger charge is -2.19. The van der Waals surface area contributed by atoms with Gasteiger partial charge in [0.2, 0.25) is 0 Å². The van der Waals surface area contributed by atoms with E-state index in [1.807, 2.05) is 61.7 Å². The summed E-state index contributed by atoms with van der Waals surface area (Å²) in [4.78, 5) is 12.2. The monoisotopic (exact) mass is 395 g/mol. The number of hydrogen-bond donors (Lipinski definition) is 0. The van der Waals surface area contributed by atoms with E-state index < -0.39 is 5.60 Å². The van der Waals surface area contributed by atoms with Crippen LogP contribution in [0, 0.1) is 13.8 Å². The van der Waals surface area contributed by atoms with Crippen molar-refractivity contribution in [3.63, 3.8) is 0 Å². The maximum atomic E-state index is 12.2. The second kappa shape index (κ2) is 8.19. The fourth-order valence-corrected chi connectivity index (χ4v) is 3.61. The van der Waals surface area contributed by atoms with Crippen LogP contribution in [0.1, 0.15) is 31.9 Å². The number of para-hydroxylation sites is 1. The predicted molar refractivity (Wildman–Crippen MR) is 113 cm³/mol. The molecule has 0 aliphatic rings. The van der Waals surface area contributed by atoms with Crippen LogP contribution in [0.3, 0.4) is 0 Å². The van der Waals surface area contributed by atoms with Crippen LogP contribution in [0.15, 0.2) is 53.7 Å². The SMILES string of the molecule is Cc1ccccc1-c1nnc(SCC(=O)OC(C)(C)C)n1-c1ccccc1C. The van der Waals surface area contributed by atoms with Gasteiger partial charge in [0.05, 0.1) is 11.4 Å². The van der Waals surface area contributed by atoms with E-state index >= 15 is 0 Å². The Morgan fingerprint density at radius 3 is 2.29 bits per heavy atom. The quantitative estimate of drug-likeness (QED) is 0.450. The average molecular weight is 396 g/mol. The lowest BCUT2D eigenvalue weighted by molar-refractivity contribution is -0.151. The number of rotatable bonds is 5. The molecular formula is C22H25N3O2S. The van der Waals surface area contributed by atoms with Gasteiger partial charge in [-0.1, -0.05) is 54.2 Å². The van der Waals surface area contributed by atoms with Crippen molar-refractivity contribution in [2.24, 2.45) is 0 Å². The molecule has 2 aromatic carbocycles. The number of thioether (sulfide) groups is 1. The normalized spacial score (nSPS) is 11.5. The summed E-state index contributed by atoms with van der Waals surface area (Å²) in [7, 11) is 0. The molecule has 0 aliphatic heterocycles. The summed E-state index contributed by atoms with van der Waals surface area (Å²) in [6.45, 7) is 9.70. The summed E-state index contributed by atoms with van der Waals surface area (Å²) >= 11 is 1.34. The maximum Gasteiger partial charge on any atom is 0.316 e. The molecule has 6 heteroatoms. The Balaban J connectivity index is 2.01. The Hall–Kier alpha value is -2.60. The number of carbonyl (C=O) groups is 1. The Morgan fingerprint density at radius 2 is 1.64 bits per heavy atom. The number of esters is 1. The molecule has 3 rings (SSSR count). The summed E-state index contributed by atoms with van der Waals surface area (Å²) in [5.41, 5.74) is 3.73. The first kappa shape index (κ1) is 20.1. The van der Waals surface area contributed by atoms with Gasteiger partial charge >= 0.3 is 5.97 Å². The van der Waals surface area contributed by atoms with E-state index in [0.29, 0.717) is 5.16 Å². The Bertz CT molecular complexity index is 989. The van der Waals surface area contributed by atoms with Crippen LogP contribution in [0.5, 0.6) is 0 Å².